The number of benzene rings is 1. The minimum atomic E-state index is -4.84. The molecule has 2 aromatic rings. The van der Waals surface area contributed by atoms with Crippen LogP contribution >= 0.6 is 0 Å². The first kappa shape index (κ1) is 18.9. The number of pyridine rings is 1. The molecule has 1 saturated heterocycles. The zero-order valence-corrected chi connectivity index (χ0v) is 14.2. The number of hydrogen-bond donors (Lipinski definition) is 1. The fourth-order valence-electron chi connectivity index (χ4n) is 3.23. The summed E-state index contributed by atoms with van der Waals surface area (Å²) in [6.45, 7) is 0.603. The van der Waals surface area contributed by atoms with Gasteiger partial charge in [-0.25, -0.2) is 0 Å². The van der Waals surface area contributed by atoms with E-state index in [0.29, 0.717) is 36.0 Å². The number of piperidine rings is 1. The Morgan fingerprint density at radius 1 is 1.30 bits per heavy atom. The zero-order valence-electron chi connectivity index (χ0n) is 14.2. The second kappa shape index (κ2) is 7.37. The summed E-state index contributed by atoms with van der Waals surface area (Å²) < 4.78 is 37.4. The van der Waals surface area contributed by atoms with Crippen molar-refractivity contribution in [3.05, 3.63) is 40.6 Å². The number of halogens is 3. The van der Waals surface area contributed by atoms with E-state index in [1.165, 1.54) is 6.07 Å². The highest BCUT2D eigenvalue weighted by Crippen LogP contribution is 2.30. The van der Waals surface area contributed by atoms with Gasteiger partial charge in [0, 0.05) is 31.9 Å². The number of rotatable bonds is 4. The molecule has 0 atom stereocenters. The van der Waals surface area contributed by atoms with Gasteiger partial charge in [0.15, 0.2) is 0 Å². The molecule has 1 N–H and O–H groups in total. The number of nitrogens with one attached hydrogen (secondary N) is 1. The van der Waals surface area contributed by atoms with Crippen LogP contribution in [0, 0.1) is 16.0 Å². The highest BCUT2D eigenvalue weighted by atomic mass is 19.4. The van der Waals surface area contributed by atoms with Crippen LogP contribution in [0.3, 0.4) is 0 Å². The van der Waals surface area contributed by atoms with Gasteiger partial charge in [-0.05, 0) is 37.0 Å². The first-order valence-corrected chi connectivity index (χ1v) is 8.39. The number of non-ortho nitro benzene ring substituents is 1. The molecule has 0 spiro atoms. The van der Waals surface area contributed by atoms with Gasteiger partial charge in [0.05, 0.1) is 16.0 Å². The van der Waals surface area contributed by atoms with Crippen molar-refractivity contribution in [1.29, 1.82) is 0 Å². The molecule has 1 aliphatic heterocycles. The normalized spacial score (nSPS) is 15.7. The van der Waals surface area contributed by atoms with Gasteiger partial charge in [0.2, 0.25) is 0 Å². The molecule has 1 aliphatic rings. The summed E-state index contributed by atoms with van der Waals surface area (Å²) in [6, 6.07) is 6.21. The number of aromatic nitrogens is 1. The van der Waals surface area contributed by atoms with E-state index in [1.807, 2.05) is 0 Å². The van der Waals surface area contributed by atoms with E-state index in [-0.39, 0.29) is 24.7 Å². The molecule has 0 aliphatic carbocycles. The second-order valence-electron chi connectivity index (χ2n) is 6.40. The maximum absolute atomic E-state index is 12.5. The van der Waals surface area contributed by atoms with Gasteiger partial charge in [0.25, 0.3) is 5.69 Å². The van der Waals surface area contributed by atoms with Crippen LogP contribution < -0.4 is 5.32 Å². The lowest BCUT2D eigenvalue weighted by Gasteiger charge is -2.32. The summed E-state index contributed by atoms with van der Waals surface area (Å²) in [5.74, 6) is -1.70. The molecule has 0 radical (unpaired) electrons. The van der Waals surface area contributed by atoms with Crippen molar-refractivity contribution >= 4 is 28.2 Å². The van der Waals surface area contributed by atoms with Gasteiger partial charge in [-0.1, -0.05) is 0 Å². The van der Waals surface area contributed by atoms with Crippen LogP contribution in [-0.2, 0) is 4.79 Å². The Labute approximate surface area is 152 Å². The lowest BCUT2D eigenvalue weighted by Crippen LogP contribution is -2.46. The third-order valence-electron chi connectivity index (χ3n) is 4.67. The highest BCUT2D eigenvalue weighted by molar-refractivity contribution is 5.96. The summed E-state index contributed by atoms with van der Waals surface area (Å²) in [5.41, 5.74) is 1.06. The zero-order chi connectivity index (χ0) is 19.6. The van der Waals surface area contributed by atoms with Crippen LogP contribution in [0.15, 0.2) is 30.5 Å². The lowest BCUT2D eigenvalue weighted by atomic mass is 9.96. The summed E-state index contributed by atoms with van der Waals surface area (Å²) >= 11 is 0. The number of alkyl halides is 3. The Balaban J connectivity index is 1.64. The number of nitrogens with zero attached hydrogens (tertiary/aromatic N) is 3. The molecule has 3 rings (SSSR count). The number of nitro benzene ring substituents is 1. The predicted molar refractivity (Wildman–Crippen MR) is 92.2 cm³/mol. The Hall–Kier alpha value is -2.91. The van der Waals surface area contributed by atoms with Crippen molar-refractivity contribution in [1.82, 2.24) is 9.88 Å². The lowest BCUT2D eigenvalue weighted by molar-refractivity contribution is -0.383. The summed E-state index contributed by atoms with van der Waals surface area (Å²) in [4.78, 5) is 27.0. The molecule has 1 aromatic carbocycles. The molecule has 0 bridgehead atoms. The first-order valence-electron chi connectivity index (χ1n) is 8.39. The van der Waals surface area contributed by atoms with E-state index in [1.54, 1.807) is 24.4 Å². The van der Waals surface area contributed by atoms with Crippen LogP contribution in [0.5, 0.6) is 0 Å². The Morgan fingerprint density at radius 3 is 2.63 bits per heavy atom. The van der Waals surface area contributed by atoms with E-state index in [2.05, 4.69) is 10.3 Å². The second-order valence-corrected chi connectivity index (χ2v) is 6.40. The van der Waals surface area contributed by atoms with E-state index in [0.717, 1.165) is 4.90 Å². The molecule has 0 unspecified atom stereocenters. The number of likely N-dealkylation sites (tertiary alicyclic amines) is 1. The number of anilines is 1. The fraction of sp³-hybridized carbons (Fsp3) is 0.412. The Kier molecular flexibility index (Phi) is 5.15. The Morgan fingerprint density at radius 2 is 2.00 bits per heavy atom. The van der Waals surface area contributed by atoms with Crippen LogP contribution in [-0.4, -0.2) is 46.5 Å². The number of nitro groups is 1. The van der Waals surface area contributed by atoms with Gasteiger partial charge in [-0.2, -0.15) is 13.2 Å². The Bertz CT molecular complexity index is 864. The van der Waals surface area contributed by atoms with Crippen molar-refractivity contribution in [3.8, 4) is 0 Å². The number of carbonyl (C=O) groups excluding carboxylic acids is 1. The number of hydrogen-bond acceptors (Lipinski definition) is 5. The minimum Gasteiger partial charge on any atom is -0.383 e. The largest absolute Gasteiger partial charge is 0.471 e. The van der Waals surface area contributed by atoms with Crippen molar-refractivity contribution in [2.45, 2.75) is 19.0 Å². The monoisotopic (exact) mass is 382 g/mol. The van der Waals surface area contributed by atoms with E-state index < -0.39 is 17.0 Å². The van der Waals surface area contributed by atoms with Crippen LogP contribution in [0.4, 0.5) is 24.5 Å². The standard InChI is InChI=1S/C17H17F3N4O3/c18-17(19,20)16(25)23-8-5-11(6-9-23)10-22-13-3-4-14(24(26)27)12-2-1-7-21-15(12)13/h1-4,7,11,22H,5-6,8-10H2. The molecule has 7 nitrogen and oxygen atoms in total. The highest BCUT2D eigenvalue weighted by Gasteiger charge is 2.43. The summed E-state index contributed by atoms with van der Waals surface area (Å²) in [6.07, 6.45) is -2.40. The predicted octanol–water partition coefficient (Wildman–Crippen LogP) is 3.36. The van der Waals surface area contributed by atoms with E-state index in [9.17, 15) is 28.1 Å². The molecular formula is C17H17F3N4O3. The molecule has 2 heterocycles. The van der Waals surface area contributed by atoms with Crippen LogP contribution in [0.2, 0.25) is 0 Å². The van der Waals surface area contributed by atoms with Crippen molar-refractivity contribution in [2.24, 2.45) is 5.92 Å². The minimum absolute atomic E-state index is 0.0392. The maximum Gasteiger partial charge on any atom is 0.471 e. The van der Waals surface area contributed by atoms with Crippen molar-refractivity contribution < 1.29 is 22.9 Å². The van der Waals surface area contributed by atoms with E-state index >= 15 is 0 Å². The molecular weight excluding hydrogens is 365 g/mol. The number of carbonyl (C=O) groups is 1. The fourth-order valence-corrected chi connectivity index (χ4v) is 3.23. The van der Waals surface area contributed by atoms with Gasteiger partial charge in [-0.15, -0.1) is 0 Å². The third-order valence-corrected chi connectivity index (χ3v) is 4.67. The average molecular weight is 382 g/mol. The van der Waals surface area contributed by atoms with Crippen LogP contribution in [0.25, 0.3) is 10.9 Å². The van der Waals surface area contributed by atoms with Gasteiger partial charge >= 0.3 is 12.1 Å². The molecule has 1 amide bonds. The molecule has 27 heavy (non-hydrogen) atoms. The van der Waals surface area contributed by atoms with Crippen molar-refractivity contribution in [2.75, 3.05) is 25.0 Å². The third kappa shape index (κ3) is 4.09. The number of fused-ring (bicyclic) bond motifs is 1. The topological polar surface area (TPSA) is 88.4 Å². The average Bonchev–Trinajstić information content (AvgIpc) is 2.65. The van der Waals surface area contributed by atoms with Gasteiger partial charge in [-0.3, -0.25) is 19.9 Å². The molecule has 144 valence electrons. The van der Waals surface area contributed by atoms with Gasteiger partial charge < -0.3 is 10.2 Å². The molecule has 0 saturated carbocycles. The van der Waals surface area contributed by atoms with Crippen LogP contribution in [0.1, 0.15) is 12.8 Å². The first-order chi connectivity index (χ1) is 12.8. The van der Waals surface area contributed by atoms with Gasteiger partial charge in [0.1, 0.15) is 5.52 Å². The van der Waals surface area contributed by atoms with E-state index in [4.69, 9.17) is 0 Å². The number of amides is 1. The maximum atomic E-state index is 12.5. The summed E-state index contributed by atoms with van der Waals surface area (Å²) in [7, 11) is 0. The molecule has 10 heteroatoms. The smallest absolute Gasteiger partial charge is 0.383 e. The molecule has 1 fully saturated rings. The summed E-state index contributed by atoms with van der Waals surface area (Å²) in [5, 5.41) is 14.7. The quantitative estimate of drug-likeness (QED) is 0.647. The SMILES string of the molecule is O=C(N1CCC(CNc2ccc([N+](=O)[O-])c3cccnc23)CC1)C(F)(F)F. The van der Waals surface area contributed by atoms with Crippen molar-refractivity contribution in [3.63, 3.8) is 0 Å². The molecule has 1 aromatic heterocycles.